The van der Waals surface area contributed by atoms with Crippen molar-refractivity contribution in [2.24, 2.45) is 5.92 Å². The number of piperidine rings is 1. The molecule has 0 saturated carbocycles. The van der Waals surface area contributed by atoms with Crippen LogP contribution in [0.2, 0.25) is 0 Å². The first-order valence-corrected chi connectivity index (χ1v) is 6.62. The fourth-order valence-corrected chi connectivity index (χ4v) is 2.98. The Labute approximate surface area is 108 Å². The van der Waals surface area contributed by atoms with Crippen LogP contribution in [0.3, 0.4) is 0 Å². The molecule has 0 aromatic heterocycles. The molecule has 0 unspecified atom stereocenters. The van der Waals surface area contributed by atoms with Gasteiger partial charge in [0.05, 0.1) is 6.42 Å². The Kier molecular flexibility index (Phi) is 4.37. The number of carboxylic acids is 1. The summed E-state index contributed by atoms with van der Waals surface area (Å²) in [5.74, 6) is -0.0919. The number of hydrogen-bond acceptors (Lipinski definition) is 2. The number of carboxylic acid groups (broad SMARTS) is 1. The number of benzene rings is 1. The van der Waals surface area contributed by atoms with Crippen LogP contribution in [-0.4, -0.2) is 36.1 Å². The van der Waals surface area contributed by atoms with E-state index in [0.29, 0.717) is 5.92 Å². The zero-order valence-electron chi connectivity index (χ0n) is 10.9. The van der Waals surface area contributed by atoms with Crippen molar-refractivity contribution in [2.45, 2.75) is 25.2 Å². The van der Waals surface area contributed by atoms with Gasteiger partial charge < -0.3 is 10.0 Å². The van der Waals surface area contributed by atoms with Gasteiger partial charge in [-0.05, 0) is 43.8 Å². The second-order valence-corrected chi connectivity index (χ2v) is 5.28. The van der Waals surface area contributed by atoms with Gasteiger partial charge in [0, 0.05) is 6.54 Å². The van der Waals surface area contributed by atoms with Gasteiger partial charge in [0.25, 0.3) is 0 Å². The van der Waals surface area contributed by atoms with Crippen LogP contribution in [0.25, 0.3) is 0 Å². The lowest BCUT2D eigenvalue weighted by Crippen LogP contribution is -2.35. The molecule has 1 aliphatic heterocycles. The molecule has 1 N–H and O–H groups in total. The predicted molar refractivity (Wildman–Crippen MR) is 71.7 cm³/mol. The average molecular weight is 247 g/mol. The van der Waals surface area contributed by atoms with Gasteiger partial charge in [0.1, 0.15) is 0 Å². The van der Waals surface area contributed by atoms with Gasteiger partial charge in [-0.3, -0.25) is 4.79 Å². The molecule has 1 aromatic rings. The van der Waals surface area contributed by atoms with Gasteiger partial charge in [-0.1, -0.05) is 30.3 Å². The van der Waals surface area contributed by atoms with Crippen molar-refractivity contribution in [3.63, 3.8) is 0 Å². The molecule has 0 amide bonds. The van der Waals surface area contributed by atoms with Crippen LogP contribution in [0.5, 0.6) is 0 Å². The number of carbonyl (C=O) groups is 1. The summed E-state index contributed by atoms with van der Waals surface area (Å²) in [6, 6.07) is 10.1. The second kappa shape index (κ2) is 6.01. The molecule has 1 aliphatic rings. The van der Waals surface area contributed by atoms with E-state index in [2.05, 4.69) is 24.1 Å². The minimum atomic E-state index is -0.697. The van der Waals surface area contributed by atoms with Crippen molar-refractivity contribution in [3.05, 3.63) is 35.9 Å². The Morgan fingerprint density at radius 2 is 2.17 bits per heavy atom. The molecule has 18 heavy (non-hydrogen) atoms. The topological polar surface area (TPSA) is 40.5 Å². The highest BCUT2D eigenvalue weighted by atomic mass is 16.4. The summed E-state index contributed by atoms with van der Waals surface area (Å²) in [5.41, 5.74) is 1.17. The zero-order valence-corrected chi connectivity index (χ0v) is 10.9. The lowest BCUT2D eigenvalue weighted by Gasteiger charge is -2.34. The van der Waals surface area contributed by atoms with E-state index < -0.39 is 5.97 Å². The van der Waals surface area contributed by atoms with Crippen LogP contribution in [-0.2, 0) is 4.79 Å². The fourth-order valence-electron chi connectivity index (χ4n) is 2.98. The molecule has 1 heterocycles. The largest absolute Gasteiger partial charge is 0.481 e. The maximum Gasteiger partial charge on any atom is 0.303 e. The van der Waals surface area contributed by atoms with E-state index in [0.717, 1.165) is 19.5 Å². The predicted octanol–water partition coefficient (Wildman–Crippen LogP) is 2.59. The van der Waals surface area contributed by atoms with E-state index in [-0.39, 0.29) is 12.3 Å². The van der Waals surface area contributed by atoms with Crippen LogP contribution in [0, 0.1) is 5.92 Å². The van der Waals surface area contributed by atoms with Crippen molar-refractivity contribution in [1.29, 1.82) is 0 Å². The van der Waals surface area contributed by atoms with E-state index in [1.807, 2.05) is 18.2 Å². The third-order valence-corrected chi connectivity index (χ3v) is 3.85. The molecule has 0 aliphatic carbocycles. The first-order chi connectivity index (χ1) is 8.66. The van der Waals surface area contributed by atoms with Crippen molar-refractivity contribution < 1.29 is 9.90 Å². The quantitative estimate of drug-likeness (QED) is 0.889. The molecule has 98 valence electrons. The monoisotopic (exact) mass is 247 g/mol. The summed E-state index contributed by atoms with van der Waals surface area (Å²) < 4.78 is 0. The van der Waals surface area contributed by atoms with E-state index in [1.165, 1.54) is 12.0 Å². The van der Waals surface area contributed by atoms with Crippen molar-refractivity contribution in [1.82, 2.24) is 4.90 Å². The molecule has 1 fully saturated rings. The third-order valence-electron chi connectivity index (χ3n) is 3.85. The number of aliphatic carboxylic acids is 1. The minimum Gasteiger partial charge on any atom is -0.481 e. The van der Waals surface area contributed by atoms with E-state index in [1.54, 1.807) is 0 Å². The van der Waals surface area contributed by atoms with Crippen LogP contribution in [0.15, 0.2) is 30.3 Å². The first kappa shape index (κ1) is 13.1. The summed E-state index contributed by atoms with van der Waals surface area (Å²) in [4.78, 5) is 13.4. The van der Waals surface area contributed by atoms with E-state index in [9.17, 15) is 4.79 Å². The van der Waals surface area contributed by atoms with Gasteiger partial charge in [0.15, 0.2) is 0 Å². The third kappa shape index (κ3) is 3.33. The molecule has 2 atom stereocenters. The normalized spacial score (nSPS) is 22.6. The summed E-state index contributed by atoms with van der Waals surface area (Å²) in [6.07, 6.45) is 2.55. The molecular weight excluding hydrogens is 226 g/mol. The Balaban J connectivity index is 2.16. The molecule has 0 radical (unpaired) electrons. The Morgan fingerprint density at radius 1 is 1.44 bits per heavy atom. The molecular formula is C15H21NO2. The van der Waals surface area contributed by atoms with Gasteiger partial charge in [-0.2, -0.15) is 0 Å². The van der Waals surface area contributed by atoms with Gasteiger partial charge >= 0.3 is 5.97 Å². The Morgan fingerprint density at radius 3 is 2.78 bits per heavy atom. The maximum absolute atomic E-state index is 11.1. The first-order valence-electron chi connectivity index (χ1n) is 6.62. The van der Waals surface area contributed by atoms with Gasteiger partial charge in [0.2, 0.25) is 0 Å². The zero-order chi connectivity index (χ0) is 13.0. The van der Waals surface area contributed by atoms with Crippen LogP contribution in [0.1, 0.15) is 30.7 Å². The van der Waals surface area contributed by atoms with Crippen LogP contribution in [0.4, 0.5) is 0 Å². The average Bonchev–Trinajstić information content (AvgIpc) is 2.37. The maximum atomic E-state index is 11.1. The van der Waals surface area contributed by atoms with Gasteiger partial charge in [-0.15, -0.1) is 0 Å². The SMILES string of the molecule is CN1CCC[C@@H]([C@H](CC(=O)O)c2ccccc2)C1. The van der Waals surface area contributed by atoms with E-state index in [4.69, 9.17) is 5.11 Å². The van der Waals surface area contributed by atoms with Crippen LogP contribution < -0.4 is 0 Å². The molecule has 2 rings (SSSR count). The molecule has 1 aromatic carbocycles. The smallest absolute Gasteiger partial charge is 0.303 e. The standard InChI is InChI=1S/C15H21NO2/c1-16-9-5-8-13(11-16)14(10-15(17)18)12-6-3-2-4-7-12/h2-4,6-7,13-14H,5,8-11H2,1H3,(H,17,18)/t13-,14-/m1/s1. The summed E-state index contributed by atoms with van der Waals surface area (Å²) in [6.45, 7) is 2.14. The van der Waals surface area contributed by atoms with Gasteiger partial charge in [-0.25, -0.2) is 0 Å². The molecule has 0 bridgehead atoms. The van der Waals surface area contributed by atoms with Crippen molar-refractivity contribution in [2.75, 3.05) is 20.1 Å². The lowest BCUT2D eigenvalue weighted by molar-refractivity contribution is -0.137. The van der Waals surface area contributed by atoms with E-state index >= 15 is 0 Å². The Bertz CT molecular complexity index is 391. The molecule has 3 heteroatoms. The number of hydrogen-bond donors (Lipinski definition) is 1. The highest BCUT2D eigenvalue weighted by Gasteiger charge is 2.28. The lowest BCUT2D eigenvalue weighted by atomic mass is 9.79. The highest BCUT2D eigenvalue weighted by Crippen LogP contribution is 2.33. The van der Waals surface area contributed by atoms with Crippen molar-refractivity contribution in [3.8, 4) is 0 Å². The second-order valence-electron chi connectivity index (χ2n) is 5.28. The number of rotatable bonds is 4. The summed E-state index contributed by atoms with van der Waals surface area (Å²) in [5, 5.41) is 9.13. The highest BCUT2D eigenvalue weighted by molar-refractivity contribution is 5.68. The summed E-state index contributed by atoms with van der Waals surface area (Å²) >= 11 is 0. The van der Waals surface area contributed by atoms with Crippen LogP contribution >= 0.6 is 0 Å². The number of likely N-dealkylation sites (tertiary alicyclic amines) is 1. The Hall–Kier alpha value is -1.35. The molecule has 1 saturated heterocycles. The fraction of sp³-hybridized carbons (Fsp3) is 0.533. The van der Waals surface area contributed by atoms with Crippen molar-refractivity contribution >= 4 is 5.97 Å². The number of nitrogens with zero attached hydrogens (tertiary/aromatic N) is 1. The summed E-state index contributed by atoms with van der Waals surface area (Å²) in [7, 11) is 2.12. The minimum absolute atomic E-state index is 0.145. The molecule has 3 nitrogen and oxygen atoms in total. The molecule has 0 spiro atoms.